The van der Waals surface area contributed by atoms with Gasteiger partial charge in [-0.1, -0.05) is 42.5 Å². The standard InChI is InChI=1S/C20H19NO3/c1-14(20(22)21-16-9-6-10-17(13-16)23-2)24-19-12-5-8-15-7-3-4-11-18(15)19/h3-14H,1-2H3,(H,21,22)/t14-/m0/s1. The van der Waals surface area contributed by atoms with E-state index in [4.69, 9.17) is 9.47 Å². The molecule has 3 aromatic carbocycles. The quantitative estimate of drug-likeness (QED) is 0.764. The van der Waals surface area contributed by atoms with E-state index in [1.807, 2.05) is 60.7 Å². The van der Waals surface area contributed by atoms with Crippen molar-refractivity contribution in [3.63, 3.8) is 0 Å². The molecule has 4 heteroatoms. The summed E-state index contributed by atoms with van der Waals surface area (Å²) in [5, 5.41) is 4.91. The van der Waals surface area contributed by atoms with Gasteiger partial charge in [-0.2, -0.15) is 0 Å². The fraction of sp³-hybridized carbons (Fsp3) is 0.150. The van der Waals surface area contributed by atoms with E-state index in [1.165, 1.54) is 0 Å². The number of ether oxygens (including phenoxy) is 2. The Morgan fingerprint density at radius 2 is 1.75 bits per heavy atom. The second kappa shape index (κ2) is 7.04. The van der Waals surface area contributed by atoms with Crippen LogP contribution in [0.5, 0.6) is 11.5 Å². The molecule has 0 bridgehead atoms. The first-order chi connectivity index (χ1) is 11.7. The summed E-state index contributed by atoms with van der Waals surface area (Å²) in [6.45, 7) is 1.73. The van der Waals surface area contributed by atoms with Crippen molar-refractivity contribution >= 4 is 22.4 Å². The number of carbonyl (C=O) groups excluding carboxylic acids is 1. The van der Waals surface area contributed by atoms with E-state index in [-0.39, 0.29) is 5.91 Å². The van der Waals surface area contributed by atoms with E-state index in [9.17, 15) is 4.79 Å². The van der Waals surface area contributed by atoms with E-state index >= 15 is 0 Å². The number of methoxy groups -OCH3 is 1. The first-order valence-electron chi connectivity index (χ1n) is 7.77. The van der Waals surface area contributed by atoms with E-state index in [1.54, 1.807) is 20.1 Å². The minimum Gasteiger partial charge on any atom is -0.497 e. The van der Waals surface area contributed by atoms with Crippen molar-refractivity contribution in [2.24, 2.45) is 0 Å². The Kier molecular flexibility index (Phi) is 4.66. The van der Waals surface area contributed by atoms with Gasteiger partial charge in [-0.05, 0) is 30.5 Å². The number of hydrogen-bond donors (Lipinski definition) is 1. The highest BCUT2D eigenvalue weighted by Gasteiger charge is 2.16. The molecule has 0 heterocycles. The highest BCUT2D eigenvalue weighted by atomic mass is 16.5. The molecule has 24 heavy (non-hydrogen) atoms. The third kappa shape index (κ3) is 3.49. The average molecular weight is 321 g/mol. The summed E-state index contributed by atoms with van der Waals surface area (Å²) in [5.41, 5.74) is 0.674. The fourth-order valence-electron chi connectivity index (χ4n) is 2.49. The lowest BCUT2D eigenvalue weighted by atomic mass is 10.1. The summed E-state index contributed by atoms with van der Waals surface area (Å²) in [7, 11) is 1.59. The number of hydrogen-bond acceptors (Lipinski definition) is 3. The molecule has 1 atom stereocenters. The van der Waals surface area contributed by atoms with Gasteiger partial charge in [0.15, 0.2) is 6.10 Å². The van der Waals surface area contributed by atoms with Crippen LogP contribution in [0.1, 0.15) is 6.92 Å². The molecule has 0 aliphatic carbocycles. The third-order valence-corrected chi connectivity index (χ3v) is 3.76. The normalized spacial score (nSPS) is 11.8. The van der Waals surface area contributed by atoms with Gasteiger partial charge in [0.1, 0.15) is 11.5 Å². The lowest BCUT2D eigenvalue weighted by Crippen LogP contribution is -2.30. The second-order valence-corrected chi connectivity index (χ2v) is 5.46. The Balaban J connectivity index is 1.73. The largest absolute Gasteiger partial charge is 0.497 e. The molecule has 0 saturated carbocycles. The van der Waals surface area contributed by atoms with Crippen LogP contribution < -0.4 is 14.8 Å². The minimum atomic E-state index is -0.623. The maximum absolute atomic E-state index is 12.4. The van der Waals surface area contributed by atoms with E-state index in [0.717, 1.165) is 10.8 Å². The van der Waals surface area contributed by atoms with Crippen LogP contribution in [-0.2, 0) is 4.79 Å². The maximum Gasteiger partial charge on any atom is 0.265 e. The molecule has 0 unspecified atom stereocenters. The molecule has 0 aromatic heterocycles. The van der Waals surface area contributed by atoms with Gasteiger partial charge in [0.25, 0.3) is 5.91 Å². The molecule has 0 radical (unpaired) electrons. The number of carbonyl (C=O) groups is 1. The molecule has 0 aliphatic rings. The van der Waals surface area contributed by atoms with E-state index in [0.29, 0.717) is 17.2 Å². The smallest absolute Gasteiger partial charge is 0.265 e. The monoisotopic (exact) mass is 321 g/mol. The van der Waals surface area contributed by atoms with Crippen LogP contribution in [0, 0.1) is 0 Å². The predicted molar refractivity (Wildman–Crippen MR) is 95.7 cm³/mol. The van der Waals surface area contributed by atoms with Crippen molar-refractivity contribution < 1.29 is 14.3 Å². The molecule has 0 fully saturated rings. The molecule has 1 amide bonds. The van der Waals surface area contributed by atoms with Crippen LogP contribution in [0.3, 0.4) is 0 Å². The van der Waals surface area contributed by atoms with Gasteiger partial charge in [-0.15, -0.1) is 0 Å². The third-order valence-electron chi connectivity index (χ3n) is 3.76. The molecule has 0 spiro atoms. The Hall–Kier alpha value is -3.01. The van der Waals surface area contributed by atoms with Crippen LogP contribution >= 0.6 is 0 Å². The van der Waals surface area contributed by atoms with Crippen LogP contribution in [-0.4, -0.2) is 19.1 Å². The molecule has 3 aromatic rings. The predicted octanol–water partition coefficient (Wildman–Crippen LogP) is 4.25. The van der Waals surface area contributed by atoms with Crippen LogP contribution in [0.25, 0.3) is 10.8 Å². The van der Waals surface area contributed by atoms with Gasteiger partial charge in [0.2, 0.25) is 0 Å². The summed E-state index contributed by atoms with van der Waals surface area (Å²) < 4.78 is 11.0. The SMILES string of the molecule is COc1cccc(NC(=O)[C@H](C)Oc2cccc3ccccc23)c1. The number of nitrogens with one attached hydrogen (secondary N) is 1. The highest BCUT2D eigenvalue weighted by molar-refractivity contribution is 5.95. The lowest BCUT2D eigenvalue weighted by molar-refractivity contribution is -0.122. The van der Waals surface area contributed by atoms with Gasteiger partial charge >= 0.3 is 0 Å². The van der Waals surface area contributed by atoms with Crippen LogP contribution in [0.15, 0.2) is 66.7 Å². The van der Waals surface area contributed by atoms with Crippen LogP contribution in [0.4, 0.5) is 5.69 Å². The molecule has 0 aliphatic heterocycles. The number of rotatable bonds is 5. The van der Waals surface area contributed by atoms with Crippen molar-refractivity contribution in [2.45, 2.75) is 13.0 Å². The van der Waals surface area contributed by atoms with Crippen molar-refractivity contribution in [3.05, 3.63) is 66.7 Å². The molecule has 3 rings (SSSR count). The van der Waals surface area contributed by atoms with Crippen molar-refractivity contribution in [1.82, 2.24) is 0 Å². The summed E-state index contributed by atoms with van der Waals surface area (Å²) >= 11 is 0. The van der Waals surface area contributed by atoms with Gasteiger partial charge in [-0.25, -0.2) is 0 Å². The molecule has 4 nitrogen and oxygen atoms in total. The molecular weight excluding hydrogens is 302 g/mol. The summed E-state index contributed by atoms with van der Waals surface area (Å²) in [6.07, 6.45) is -0.623. The molecule has 0 saturated heterocycles. The van der Waals surface area contributed by atoms with E-state index < -0.39 is 6.10 Å². The fourth-order valence-corrected chi connectivity index (χ4v) is 2.49. The highest BCUT2D eigenvalue weighted by Crippen LogP contribution is 2.26. The lowest BCUT2D eigenvalue weighted by Gasteiger charge is -2.16. The zero-order valence-electron chi connectivity index (χ0n) is 13.7. The van der Waals surface area contributed by atoms with Gasteiger partial charge < -0.3 is 14.8 Å². The number of benzene rings is 3. The summed E-state index contributed by atoms with van der Waals surface area (Å²) in [4.78, 5) is 12.4. The zero-order chi connectivity index (χ0) is 16.9. The second-order valence-electron chi connectivity index (χ2n) is 5.46. The average Bonchev–Trinajstić information content (AvgIpc) is 2.62. The van der Waals surface area contributed by atoms with Gasteiger partial charge in [0, 0.05) is 17.1 Å². The summed E-state index contributed by atoms with van der Waals surface area (Å²) in [5.74, 6) is 1.17. The topological polar surface area (TPSA) is 47.6 Å². The molecule has 122 valence electrons. The first-order valence-corrected chi connectivity index (χ1v) is 7.77. The summed E-state index contributed by atoms with van der Waals surface area (Å²) in [6, 6.07) is 21.0. The van der Waals surface area contributed by atoms with Crippen LogP contribution in [0.2, 0.25) is 0 Å². The Morgan fingerprint density at radius 3 is 2.58 bits per heavy atom. The Bertz CT molecular complexity index is 855. The van der Waals surface area contributed by atoms with Crippen molar-refractivity contribution in [2.75, 3.05) is 12.4 Å². The maximum atomic E-state index is 12.4. The Morgan fingerprint density at radius 1 is 1.00 bits per heavy atom. The van der Waals surface area contributed by atoms with E-state index in [2.05, 4.69) is 5.32 Å². The number of fused-ring (bicyclic) bond motifs is 1. The zero-order valence-corrected chi connectivity index (χ0v) is 13.7. The first kappa shape index (κ1) is 15.9. The molecule has 1 N–H and O–H groups in total. The number of anilines is 1. The Labute approximate surface area is 141 Å². The number of amides is 1. The minimum absolute atomic E-state index is 0.212. The van der Waals surface area contributed by atoms with Gasteiger partial charge in [0.05, 0.1) is 7.11 Å². The van der Waals surface area contributed by atoms with Crippen molar-refractivity contribution in [3.8, 4) is 11.5 Å². The van der Waals surface area contributed by atoms with Crippen molar-refractivity contribution in [1.29, 1.82) is 0 Å². The van der Waals surface area contributed by atoms with Gasteiger partial charge in [-0.3, -0.25) is 4.79 Å². The molecular formula is C20H19NO3.